The van der Waals surface area contributed by atoms with E-state index in [1.807, 2.05) is 0 Å². The van der Waals surface area contributed by atoms with Crippen LogP contribution in [0.25, 0.3) is 0 Å². The average molecular weight is 290 g/mol. The number of aromatic nitrogens is 2. The number of H-pyrrole nitrogens is 1. The summed E-state index contributed by atoms with van der Waals surface area (Å²) in [5.74, 6) is -0.783. The molecule has 0 spiro atoms. The third-order valence-corrected chi connectivity index (χ3v) is 3.78. The van der Waals surface area contributed by atoms with E-state index in [1.54, 1.807) is 0 Å². The number of nitrogens with one attached hydrogen (secondary N) is 1. The quantitative estimate of drug-likeness (QED) is 0.864. The lowest BCUT2D eigenvalue weighted by atomic mass is 10.1. The number of aromatic amines is 1. The molecule has 2 aromatic rings. The van der Waals surface area contributed by atoms with Crippen molar-refractivity contribution in [2.45, 2.75) is 38.5 Å². The van der Waals surface area contributed by atoms with E-state index in [0.717, 1.165) is 49.4 Å². The monoisotopic (exact) mass is 290 g/mol. The summed E-state index contributed by atoms with van der Waals surface area (Å²) < 4.78 is 26.4. The standard InChI is InChI=1S/C16H16F2N2O/c17-11-6-10(7-12(18)9-11)8-15-19-14-5-3-1-2-4-13(14)16(21)20-15/h6-7,9H,1-5,8H2,(H,19,20,21). The second kappa shape index (κ2) is 5.76. The zero-order valence-electron chi connectivity index (χ0n) is 11.6. The largest absolute Gasteiger partial charge is 0.310 e. The number of aryl methyl sites for hydroxylation is 1. The van der Waals surface area contributed by atoms with Crippen LogP contribution in [-0.4, -0.2) is 9.97 Å². The molecular formula is C16H16F2N2O. The Hall–Kier alpha value is -2.04. The Balaban J connectivity index is 1.94. The van der Waals surface area contributed by atoms with Crippen molar-refractivity contribution in [3.8, 4) is 0 Å². The lowest BCUT2D eigenvalue weighted by Gasteiger charge is -2.07. The van der Waals surface area contributed by atoms with Crippen molar-refractivity contribution in [1.82, 2.24) is 9.97 Å². The molecule has 1 heterocycles. The van der Waals surface area contributed by atoms with Crippen molar-refractivity contribution in [3.63, 3.8) is 0 Å². The Labute approximate surface area is 121 Å². The highest BCUT2D eigenvalue weighted by Crippen LogP contribution is 2.17. The molecule has 5 heteroatoms. The molecule has 0 atom stereocenters. The van der Waals surface area contributed by atoms with Gasteiger partial charge in [-0.1, -0.05) is 6.42 Å². The second-order valence-corrected chi connectivity index (χ2v) is 5.45. The summed E-state index contributed by atoms with van der Waals surface area (Å²) >= 11 is 0. The molecule has 0 unspecified atom stereocenters. The SMILES string of the molecule is O=c1[nH]c(Cc2cc(F)cc(F)c2)nc2c1CCCCC2. The number of hydrogen-bond acceptors (Lipinski definition) is 2. The Morgan fingerprint density at radius 1 is 1.05 bits per heavy atom. The van der Waals surface area contributed by atoms with Crippen LogP contribution in [0.15, 0.2) is 23.0 Å². The molecule has 0 saturated carbocycles. The van der Waals surface area contributed by atoms with Crippen molar-refractivity contribution in [2.75, 3.05) is 0 Å². The Morgan fingerprint density at radius 2 is 1.76 bits per heavy atom. The topological polar surface area (TPSA) is 45.8 Å². The van der Waals surface area contributed by atoms with Crippen LogP contribution in [0.1, 0.15) is 41.9 Å². The second-order valence-electron chi connectivity index (χ2n) is 5.45. The fraction of sp³-hybridized carbons (Fsp3) is 0.375. The van der Waals surface area contributed by atoms with Crippen molar-refractivity contribution < 1.29 is 8.78 Å². The molecule has 1 aromatic heterocycles. The summed E-state index contributed by atoms with van der Waals surface area (Å²) in [5, 5.41) is 0. The zero-order chi connectivity index (χ0) is 14.8. The molecule has 21 heavy (non-hydrogen) atoms. The number of hydrogen-bond donors (Lipinski definition) is 1. The fourth-order valence-electron chi connectivity index (χ4n) is 2.82. The highest BCUT2D eigenvalue weighted by molar-refractivity contribution is 5.24. The molecule has 3 nitrogen and oxygen atoms in total. The average Bonchev–Trinajstić information content (AvgIpc) is 2.63. The third-order valence-electron chi connectivity index (χ3n) is 3.78. The first-order chi connectivity index (χ1) is 10.1. The number of nitrogens with zero attached hydrogens (tertiary/aromatic N) is 1. The van der Waals surface area contributed by atoms with Crippen LogP contribution >= 0.6 is 0 Å². The van der Waals surface area contributed by atoms with Gasteiger partial charge < -0.3 is 4.98 Å². The van der Waals surface area contributed by atoms with Crippen molar-refractivity contribution in [2.24, 2.45) is 0 Å². The summed E-state index contributed by atoms with van der Waals surface area (Å²) in [4.78, 5) is 19.3. The molecule has 0 saturated heterocycles. The van der Waals surface area contributed by atoms with Crippen LogP contribution in [-0.2, 0) is 19.3 Å². The van der Waals surface area contributed by atoms with E-state index in [0.29, 0.717) is 11.4 Å². The third kappa shape index (κ3) is 3.17. The summed E-state index contributed by atoms with van der Waals surface area (Å²) in [6, 6.07) is 3.35. The van der Waals surface area contributed by atoms with E-state index in [2.05, 4.69) is 9.97 Å². The molecule has 0 radical (unpaired) electrons. The van der Waals surface area contributed by atoms with E-state index >= 15 is 0 Å². The smallest absolute Gasteiger partial charge is 0.254 e. The molecule has 0 bridgehead atoms. The van der Waals surface area contributed by atoms with Crippen LogP contribution in [0.2, 0.25) is 0 Å². The van der Waals surface area contributed by atoms with Gasteiger partial charge in [0.2, 0.25) is 0 Å². The van der Waals surface area contributed by atoms with Gasteiger partial charge in [0.15, 0.2) is 0 Å². The minimum absolute atomic E-state index is 0.117. The van der Waals surface area contributed by atoms with Crippen LogP contribution in [0.3, 0.4) is 0 Å². The summed E-state index contributed by atoms with van der Waals surface area (Å²) in [6.07, 6.45) is 4.90. The van der Waals surface area contributed by atoms with E-state index < -0.39 is 11.6 Å². The van der Waals surface area contributed by atoms with Gasteiger partial charge in [-0.25, -0.2) is 13.8 Å². The van der Waals surface area contributed by atoms with Gasteiger partial charge >= 0.3 is 0 Å². The van der Waals surface area contributed by atoms with Gasteiger partial charge in [-0.3, -0.25) is 4.79 Å². The number of benzene rings is 1. The van der Waals surface area contributed by atoms with Crippen molar-refractivity contribution >= 4 is 0 Å². The molecule has 110 valence electrons. The minimum atomic E-state index is -0.623. The van der Waals surface area contributed by atoms with Gasteiger partial charge in [0.25, 0.3) is 5.56 Å². The first kappa shape index (κ1) is 13.9. The van der Waals surface area contributed by atoms with Crippen LogP contribution < -0.4 is 5.56 Å². The van der Waals surface area contributed by atoms with Crippen LogP contribution in [0.4, 0.5) is 8.78 Å². The maximum Gasteiger partial charge on any atom is 0.254 e. The summed E-state index contributed by atoms with van der Waals surface area (Å²) in [6.45, 7) is 0. The first-order valence-corrected chi connectivity index (χ1v) is 7.18. The van der Waals surface area contributed by atoms with Crippen LogP contribution in [0, 0.1) is 11.6 Å². The molecule has 1 aromatic carbocycles. The summed E-state index contributed by atoms with van der Waals surface area (Å²) in [7, 11) is 0. The summed E-state index contributed by atoms with van der Waals surface area (Å²) in [5.41, 5.74) is 1.95. The molecule has 0 aliphatic heterocycles. The molecule has 0 fully saturated rings. The molecule has 1 aliphatic rings. The number of rotatable bonds is 2. The van der Waals surface area contributed by atoms with E-state index in [-0.39, 0.29) is 12.0 Å². The number of halogens is 2. The number of fused-ring (bicyclic) bond motifs is 1. The maximum absolute atomic E-state index is 13.2. The predicted molar refractivity (Wildman–Crippen MR) is 75.3 cm³/mol. The van der Waals surface area contributed by atoms with Gasteiger partial charge in [-0.2, -0.15) is 0 Å². The van der Waals surface area contributed by atoms with E-state index in [9.17, 15) is 13.6 Å². The van der Waals surface area contributed by atoms with Crippen molar-refractivity contribution in [1.29, 1.82) is 0 Å². The van der Waals surface area contributed by atoms with E-state index in [4.69, 9.17) is 0 Å². The predicted octanol–water partition coefficient (Wildman–Crippen LogP) is 2.91. The van der Waals surface area contributed by atoms with Gasteiger partial charge in [0.05, 0.1) is 5.69 Å². The zero-order valence-corrected chi connectivity index (χ0v) is 11.6. The van der Waals surface area contributed by atoms with Crippen LogP contribution in [0.5, 0.6) is 0 Å². The lowest BCUT2D eigenvalue weighted by Crippen LogP contribution is -2.20. The molecular weight excluding hydrogens is 274 g/mol. The van der Waals surface area contributed by atoms with Gasteiger partial charge in [0, 0.05) is 18.1 Å². The Kier molecular flexibility index (Phi) is 3.82. The molecule has 0 amide bonds. The lowest BCUT2D eigenvalue weighted by molar-refractivity contribution is 0.580. The van der Waals surface area contributed by atoms with Gasteiger partial charge in [-0.05, 0) is 43.4 Å². The maximum atomic E-state index is 13.2. The molecule has 1 N–H and O–H groups in total. The highest BCUT2D eigenvalue weighted by atomic mass is 19.1. The highest BCUT2D eigenvalue weighted by Gasteiger charge is 2.14. The van der Waals surface area contributed by atoms with Gasteiger partial charge in [0.1, 0.15) is 17.5 Å². The Morgan fingerprint density at radius 3 is 2.52 bits per heavy atom. The Bertz CT molecular complexity index is 704. The molecule has 3 rings (SSSR count). The normalized spacial score (nSPS) is 14.6. The van der Waals surface area contributed by atoms with E-state index in [1.165, 1.54) is 12.1 Å². The first-order valence-electron chi connectivity index (χ1n) is 7.18. The minimum Gasteiger partial charge on any atom is -0.310 e. The van der Waals surface area contributed by atoms with Crippen molar-refractivity contribution in [3.05, 3.63) is 62.8 Å². The molecule has 1 aliphatic carbocycles. The van der Waals surface area contributed by atoms with Gasteiger partial charge in [-0.15, -0.1) is 0 Å². The fourth-order valence-corrected chi connectivity index (χ4v) is 2.82.